The van der Waals surface area contributed by atoms with Crippen LogP contribution < -0.4 is 14.8 Å². The van der Waals surface area contributed by atoms with Crippen molar-refractivity contribution >= 4 is 16.9 Å². The van der Waals surface area contributed by atoms with E-state index in [9.17, 15) is 9.18 Å². The van der Waals surface area contributed by atoms with Gasteiger partial charge in [-0.1, -0.05) is 6.07 Å². The fraction of sp³-hybridized carbons (Fsp3) is 0.250. The molecular formula is C20H17FN2O4. The summed E-state index contributed by atoms with van der Waals surface area (Å²) >= 11 is 0. The first-order chi connectivity index (χ1) is 13.1. The lowest BCUT2D eigenvalue weighted by Crippen LogP contribution is -2.45. The Hall–Kier alpha value is -3.06. The number of ether oxygens (including phenoxy) is 3. The van der Waals surface area contributed by atoms with Crippen molar-refractivity contribution in [2.75, 3.05) is 13.9 Å². The van der Waals surface area contributed by atoms with Crippen LogP contribution in [0, 0.1) is 5.82 Å². The molecule has 2 N–H and O–H groups in total. The number of H-pyrrole nitrogens is 1. The van der Waals surface area contributed by atoms with Crippen molar-refractivity contribution in [2.45, 2.75) is 18.5 Å². The van der Waals surface area contributed by atoms with Gasteiger partial charge in [0.1, 0.15) is 11.9 Å². The van der Waals surface area contributed by atoms with Crippen LogP contribution >= 0.6 is 0 Å². The third-order valence-corrected chi connectivity index (χ3v) is 5.18. The lowest BCUT2D eigenvalue weighted by molar-refractivity contribution is -0.143. The second-order valence-electron chi connectivity index (χ2n) is 6.70. The summed E-state index contributed by atoms with van der Waals surface area (Å²) in [5, 5.41) is 4.26. The first-order valence-corrected chi connectivity index (χ1v) is 8.67. The van der Waals surface area contributed by atoms with E-state index in [4.69, 9.17) is 14.2 Å². The van der Waals surface area contributed by atoms with Crippen molar-refractivity contribution < 1.29 is 23.4 Å². The number of fused-ring (bicyclic) bond motifs is 4. The Morgan fingerprint density at radius 3 is 2.89 bits per heavy atom. The molecule has 0 spiro atoms. The van der Waals surface area contributed by atoms with Gasteiger partial charge in [-0.15, -0.1) is 0 Å². The average Bonchev–Trinajstić information content (AvgIpc) is 3.29. The fourth-order valence-electron chi connectivity index (χ4n) is 3.91. The van der Waals surface area contributed by atoms with Gasteiger partial charge in [-0.05, 0) is 41.5 Å². The van der Waals surface area contributed by atoms with E-state index in [0.29, 0.717) is 23.4 Å². The van der Waals surface area contributed by atoms with Crippen LogP contribution in [0.2, 0.25) is 0 Å². The maximum atomic E-state index is 13.7. The van der Waals surface area contributed by atoms with Gasteiger partial charge in [-0.3, -0.25) is 10.1 Å². The maximum absolute atomic E-state index is 13.7. The van der Waals surface area contributed by atoms with Gasteiger partial charge in [0.2, 0.25) is 6.79 Å². The molecule has 5 rings (SSSR count). The van der Waals surface area contributed by atoms with Gasteiger partial charge in [0, 0.05) is 23.0 Å². The van der Waals surface area contributed by atoms with Crippen LogP contribution in [0.4, 0.5) is 4.39 Å². The molecule has 0 saturated carbocycles. The predicted molar refractivity (Wildman–Crippen MR) is 95.3 cm³/mol. The molecule has 2 aromatic carbocycles. The summed E-state index contributed by atoms with van der Waals surface area (Å²) in [7, 11) is 1.37. The van der Waals surface area contributed by atoms with Crippen molar-refractivity contribution in [2.24, 2.45) is 0 Å². The second-order valence-corrected chi connectivity index (χ2v) is 6.70. The van der Waals surface area contributed by atoms with E-state index in [1.165, 1.54) is 19.2 Å². The fourth-order valence-corrected chi connectivity index (χ4v) is 3.91. The normalized spacial score (nSPS) is 20.5. The van der Waals surface area contributed by atoms with Crippen molar-refractivity contribution in [3.8, 4) is 11.5 Å². The molecule has 0 bridgehead atoms. The highest BCUT2D eigenvalue weighted by Crippen LogP contribution is 2.39. The smallest absolute Gasteiger partial charge is 0.323 e. The van der Waals surface area contributed by atoms with Gasteiger partial charge in [-0.25, -0.2) is 4.39 Å². The highest BCUT2D eigenvalue weighted by Gasteiger charge is 2.35. The number of carbonyl (C=O) groups excluding carboxylic acids is 1. The minimum absolute atomic E-state index is 0.193. The molecule has 3 heterocycles. The number of carbonyl (C=O) groups is 1. The Bertz CT molecular complexity index is 1060. The van der Waals surface area contributed by atoms with Gasteiger partial charge in [0.25, 0.3) is 0 Å². The molecule has 2 aliphatic heterocycles. The molecule has 1 aromatic heterocycles. The molecule has 0 amide bonds. The lowest BCUT2D eigenvalue weighted by Gasteiger charge is -2.30. The van der Waals surface area contributed by atoms with E-state index in [2.05, 4.69) is 10.3 Å². The Morgan fingerprint density at radius 2 is 2.04 bits per heavy atom. The van der Waals surface area contributed by atoms with Gasteiger partial charge < -0.3 is 19.2 Å². The maximum Gasteiger partial charge on any atom is 0.323 e. The minimum Gasteiger partial charge on any atom is -0.468 e. The largest absolute Gasteiger partial charge is 0.468 e. The van der Waals surface area contributed by atoms with E-state index >= 15 is 0 Å². The first-order valence-electron chi connectivity index (χ1n) is 8.67. The van der Waals surface area contributed by atoms with Gasteiger partial charge in [0.05, 0.1) is 13.2 Å². The number of benzene rings is 2. The number of hydrogen-bond acceptors (Lipinski definition) is 5. The summed E-state index contributed by atoms with van der Waals surface area (Å²) in [4.78, 5) is 15.6. The average molecular weight is 368 g/mol. The van der Waals surface area contributed by atoms with Crippen molar-refractivity contribution in [1.29, 1.82) is 0 Å². The molecule has 27 heavy (non-hydrogen) atoms. The zero-order valence-corrected chi connectivity index (χ0v) is 14.5. The SMILES string of the molecule is COC(=O)C1Cc2c([nH]c3cc(F)ccc23)C(c2ccc3c(c2)OCO3)N1. The van der Waals surface area contributed by atoms with Gasteiger partial charge in [0.15, 0.2) is 11.5 Å². The highest BCUT2D eigenvalue weighted by molar-refractivity contribution is 5.87. The third kappa shape index (κ3) is 2.54. The monoisotopic (exact) mass is 368 g/mol. The number of hydrogen-bond donors (Lipinski definition) is 2. The molecule has 2 atom stereocenters. The summed E-state index contributed by atoms with van der Waals surface area (Å²) in [5.41, 5.74) is 3.52. The summed E-state index contributed by atoms with van der Waals surface area (Å²) in [6.07, 6.45) is 0.467. The van der Waals surface area contributed by atoms with Crippen molar-refractivity contribution in [1.82, 2.24) is 10.3 Å². The molecule has 6 nitrogen and oxygen atoms in total. The molecule has 2 unspecified atom stereocenters. The molecule has 7 heteroatoms. The van der Waals surface area contributed by atoms with Crippen LogP contribution in [0.1, 0.15) is 22.9 Å². The predicted octanol–water partition coefficient (Wildman–Crippen LogP) is 2.81. The summed E-state index contributed by atoms with van der Waals surface area (Å²) in [6, 6.07) is 9.54. The summed E-state index contributed by atoms with van der Waals surface area (Å²) in [6.45, 7) is 0.193. The molecule has 0 saturated heterocycles. The molecule has 3 aromatic rings. The quantitative estimate of drug-likeness (QED) is 0.681. The van der Waals surface area contributed by atoms with Crippen LogP contribution in [0.25, 0.3) is 10.9 Å². The van der Waals surface area contributed by atoms with Crippen LogP contribution in [-0.4, -0.2) is 30.9 Å². The Labute approximate surface area is 154 Å². The van der Waals surface area contributed by atoms with Crippen LogP contribution in [0.3, 0.4) is 0 Å². The van der Waals surface area contributed by atoms with E-state index in [1.54, 1.807) is 6.07 Å². The molecule has 0 radical (unpaired) electrons. The standard InChI is InChI=1S/C20H17FN2O4/c1-25-20(24)15-8-13-12-4-3-11(21)7-14(12)22-19(13)18(23-15)10-2-5-16-17(6-10)27-9-26-16/h2-7,15,18,22-23H,8-9H2,1H3. The van der Waals surface area contributed by atoms with Crippen molar-refractivity contribution in [3.05, 3.63) is 59.0 Å². The number of aromatic nitrogens is 1. The zero-order valence-electron chi connectivity index (χ0n) is 14.5. The minimum atomic E-state index is -0.498. The molecule has 138 valence electrons. The summed E-state index contributed by atoms with van der Waals surface area (Å²) < 4.78 is 29.5. The molecule has 0 aliphatic carbocycles. The van der Waals surface area contributed by atoms with Crippen LogP contribution in [0.5, 0.6) is 11.5 Å². The Morgan fingerprint density at radius 1 is 1.19 bits per heavy atom. The topological polar surface area (TPSA) is 72.6 Å². The summed E-state index contributed by atoms with van der Waals surface area (Å²) in [5.74, 6) is 0.720. The first kappa shape index (κ1) is 16.1. The Kier molecular flexibility index (Phi) is 3.58. The lowest BCUT2D eigenvalue weighted by atomic mass is 9.90. The zero-order chi connectivity index (χ0) is 18.5. The molecule has 2 aliphatic rings. The molecular weight excluding hydrogens is 351 g/mol. The number of aromatic amines is 1. The number of rotatable bonds is 2. The van der Waals surface area contributed by atoms with Gasteiger partial charge in [-0.2, -0.15) is 0 Å². The van der Waals surface area contributed by atoms with Gasteiger partial charge >= 0.3 is 5.97 Å². The van der Waals surface area contributed by atoms with E-state index in [0.717, 1.165) is 22.2 Å². The van der Waals surface area contributed by atoms with Crippen LogP contribution in [0.15, 0.2) is 36.4 Å². The number of methoxy groups -OCH3 is 1. The molecule has 0 fully saturated rings. The number of halogens is 1. The van der Waals surface area contributed by atoms with Crippen molar-refractivity contribution in [3.63, 3.8) is 0 Å². The highest BCUT2D eigenvalue weighted by atomic mass is 19.1. The van der Waals surface area contributed by atoms with Crippen LogP contribution in [-0.2, 0) is 16.0 Å². The van der Waals surface area contributed by atoms with E-state index in [1.807, 2.05) is 18.2 Å². The van der Waals surface area contributed by atoms with E-state index in [-0.39, 0.29) is 24.6 Å². The Balaban J connectivity index is 1.66. The second kappa shape index (κ2) is 5.99. The number of nitrogens with one attached hydrogen (secondary N) is 2. The number of esters is 1. The van der Waals surface area contributed by atoms with E-state index < -0.39 is 6.04 Å². The third-order valence-electron chi connectivity index (χ3n) is 5.18.